The number of halogens is 1. The molecule has 32 heavy (non-hydrogen) atoms. The molecule has 1 aromatic carbocycles. The van der Waals surface area contributed by atoms with Crippen molar-refractivity contribution in [1.82, 2.24) is 9.55 Å². The predicted octanol–water partition coefficient (Wildman–Crippen LogP) is -0.0288. The van der Waals surface area contributed by atoms with Crippen LogP contribution < -0.4 is 31.9 Å². The average Bonchev–Trinajstić information content (AvgIpc) is 2.77. The molecule has 0 aliphatic carbocycles. The maximum atomic E-state index is 12.7. The largest absolute Gasteiger partial charge is 0.489 e. The van der Waals surface area contributed by atoms with Gasteiger partial charge in [-0.05, 0) is 19.1 Å². The van der Waals surface area contributed by atoms with Crippen LogP contribution in [-0.2, 0) is 4.74 Å². The van der Waals surface area contributed by atoms with Crippen molar-refractivity contribution in [3.63, 3.8) is 0 Å². The first-order chi connectivity index (χ1) is 15.3. The zero-order chi connectivity index (χ0) is 23.3. The van der Waals surface area contributed by atoms with Crippen LogP contribution in [0.4, 0.5) is 15.9 Å². The Labute approximate surface area is 182 Å². The summed E-state index contributed by atoms with van der Waals surface area (Å²) in [6.45, 7) is 0.241. The van der Waals surface area contributed by atoms with Gasteiger partial charge in [-0.2, -0.15) is 4.98 Å². The number of ether oxygens (including phenoxy) is 3. The number of aliphatic hydroxyl groups is 2. The van der Waals surface area contributed by atoms with Crippen LogP contribution in [0.25, 0.3) is 0 Å². The van der Waals surface area contributed by atoms with Crippen molar-refractivity contribution in [2.24, 2.45) is 16.5 Å². The van der Waals surface area contributed by atoms with Gasteiger partial charge >= 0.3 is 5.69 Å². The zero-order valence-corrected chi connectivity index (χ0v) is 17.3. The Morgan fingerprint density at radius 1 is 1.41 bits per heavy atom. The van der Waals surface area contributed by atoms with Gasteiger partial charge in [0.25, 0.3) is 0 Å². The number of rotatable bonds is 10. The van der Waals surface area contributed by atoms with Gasteiger partial charge in [-0.1, -0.05) is 6.07 Å². The van der Waals surface area contributed by atoms with Crippen molar-refractivity contribution in [1.29, 1.82) is 0 Å². The Kier molecular flexibility index (Phi) is 7.45. The summed E-state index contributed by atoms with van der Waals surface area (Å²) in [4.78, 5) is 20.3. The number of nitrogens with one attached hydrogen (secondary N) is 1. The molecule has 3 rings (SSSR count). The quantitative estimate of drug-likeness (QED) is 0.159. The Bertz CT molecular complexity index is 1030. The van der Waals surface area contributed by atoms with Crippen molar-refractivity contribution in [3.05, 3.63) is 34.9 Å². The van der Waals surface area contributed by atoms with E-state index in [1.54, 1.807) is 18.2 Å². The van der Waals surface area contributed by atoms with Crippen LogP contribution in [0, 0.1) is 0 Å². The van der Waals surface area contributed by atoms with Gasteiger partial charge < -0.3 is 41.2 Å². The van der Waals surface area contributed by atoms with Crippen LogP contribution in [0.2, 0.25) is 0 Å². The van der Waals surface area contributed by atoms with E-state index in [0.717, 1.165) is 4.57 Å². The normalized spacial score (nSPS) is 14.8. The van der Waals surface area contributed by atoms with E-state index in [9.17, 15) is 19.4 Å². The number of benzene rings is 1. The standard InChI is InChI=1S/C19H25FN6O6/c1-10(31-15(9-27)11(28)7-20)26-8-14-17(25-19(26)29)24-16-12(3-2-4-13(16)32-14)30-6-5-23-18(21)22/h2-4,8,10-11,15,27-28H,5-7,9H2,1H3,(H4,21,22,23)(H,24,25,29)/t10?,11-,15+/m0/s1. The highest BCUT2D eigenvalue weighted by atomic mass is 19.1. The minimum Gasteiger partial charge on any atom is -0.489 e. The van der Waals surface area contributed by atoms with E-state index in [1.807, 2.05) is 0 Å². The lowest BCUT2D eigenvalue weighted by Gasteiger charge is -2.26. The summed E-state index contributed by atoms with van der Waals surface area (Å²) in [5.41, 5.74) is 10.4. The molecule has 0 radical (unpaired) electrons. The third kappa shape index (κ3) is 5.25. The van der Waals surface area contributed by atoms with Crippen LogP contribution in [0.3, 0.4) is 0 Å². The second-order valence-corrected chi connectivity index (χ2v) is 6.83. The molecule has 3 atom stereocenters. The number of alkyl halides is 1. The molecule has 1 unspecified atom stereocenters. The Balaban J connectivity index is 1.79. The van der Waals surface area contributed by atoms with Crippen LogP contribution in [0.1, 0.15) is 13.2 Å². The van der Waals surface area contributed by atoms with E-state index in [2.05, 4.69) is 15.3 Å². The Hall–Kier alpha value is -3.42. The number of para-hydroxylation sites is 1. The number of aromatic nitrogens is 2. The summed E-state index contributed by atoms with van der Waals surface area (Å²) in [6, 6.07) is 5.13. The molecular formula is C19H25FN6O6. The number of anilines is 2. The highest BCUT2D eigenvalue weighted by molar-refractivity contribution is 5.77. The van der Waals surface area contributed by atoms with Gasteiger partial charge in [0.15, 0.2) is 23.3 Å². The van der Waals surface area contributed by atoms with E-state index >= 15 is 0 Å². The smallest absolute Gasteiger partial charge is 0.351 e. The lowest BCUT2D eigenvalue weighted by Crippen LogP contribution is -2.38. The minimum atomic E-state index is -1.53. The number of hydrogen-bond donors (Lipinski definition) is 5. The zero-order valence-electron chi connectivity index (χ0n) is 17.3. The van der Waals surface area contributed by atoms with Crippen LogP contribution >= 0.6 is 0 Å². The summed E-state index contributed by atoms with van der Waals surface area (Å²) < 4.78 is 30.8. The molecule has 7 N–H and O–H groups in total. The Morgan fingerprint density at radius 3 is 2.88 bits per heavy atom. The molecule has 1 aliphatic heterocycles. The van der Waals surface area contributed by atoms with E-state index in [0.29, 0.717) is 17.2 Å². The molecule has 0 fully saturated rings. The fraction of sp³-hybridized carbons (Fsp3) is 0.421. The van der Waals surface area contributed by atoms with Crippen molar-refractivity contribution in [3.8, 4) is 17.2 Å². The number of hydrogen-bond acceptors (Lipinski definition) is 9. The highest BCUT2D eigenvalue weighted by Gasteiger charge is 2.26. The second-order valence-electron chi connectivity index (χ2n) is 6.83. The number of aliphatic hydroxyl groups excluding tert-OH is 2. The maximum Gasteiger partial charge on any atom is 0.351 e. The molecule has 0 spiro atoms. The monoisotopic (exact) mass is 452 g/mol. The lowest BCUT2D eigenvalue weighted by molar-refractivity contribution is -0.121. The number of nitrogens with zero attached hydrogens (tertiary/aromatic N) is 3. The number of guanidine groups is 1. The fourth-order valence-electron chi connectivity index (χ4n) is 2.96. The molecule has 174 valence electrons. The number of fused-ring (bicyclic) bond motifs is 2. The third-order valence-corrected chi connectivity index (χ3v) is 4.54. The SMILES string of the molecule is CC(O[C@H](CO)[C@@H](O)CF)n1cc2c(nc1=O)Nc1c(OCCN=C(N)N)cccc1O2. The molecule has 1 aliphatic rings. The van der Waals surface area contributed by atoms with E-state index < -0.39 is 37.4 Å². The van der Waals surface area contributed by atoms with E-state index in [-0.39, 0.29) is 30.7 Å². The summed E-state index contributed by atoms with van der Waals surface area (Å²) >= 11 is 0. The first-order valence-electron chi connectivity index (χ1n) is 9.73. The van der Waals surface area contributed by atoms with Crippen molar-refractivity contribution in [2.45, 2.75) is 25.4 Å². The van der Waals surface area contributed by atoms with Gasteiger partial charge in [-0.25, -0.2) is 9.18 Å². The summed E-state index contributed by atoms with van der Waals surface area (Å²) in [6.07, 6.45) is -2.34. The molecular weight excluding hydrogens is 427 g/mol. The number of aliphatic imine (C=N–C) groups is 1. The van der Waals surface area contributed by atoms with Gasteiger partial charge in [-0.15, -0.1) is 0 Å². The summed E-state index contributed by atoms with van der Waals surface area (Å²) in [5.74, 6) is 1.24. The number of nitrogens with two attached hydrogens (primary N) is 2. The first kappa shape index (κ1) is 23.2. The fourth-order valence-corrected chi connectivity index (χ4v) is 2.96. The van der Waals surface area contributed by atoms with Crippen LogP contribution in [-0.4, -0.2) is 64.4 Å². The average molecular weight is 452 g/mol. The van der Waals surface area contributed by atoms with Gasteiger partial charge in [0.1, 0.15) is 43.2 Å². The molecule has 13 heteroatoms. The van der Waals surface area contributed by atoms with Gasteiger partial charge in [0, 0.05) is 0 Å². The van der Waals surface area contributed by atoms with E-state index in [4.69, 9.17) is 25.7 Å². The van der Waals surface area contributed by atoms with Crippen molar-refractivity contribution < 1.29 is 28.8 Å². The second kappa shape index (κ2) is 10.3. The van der Waals surface area contributed by atoms with Crippen molar-refractivity contribution in [2.75, 3.05) is 31.7 Å². The highest BCUT2D eigenvalue weighted by Crippen LogP contribution is 2.45. The van der Waals surface area contributed by atoms with Crippen LogP contribution in [0.15, 0.2) is 34.2 Å². The van der Waals surface area contributed by atoms with Crippen LogP contribution in [0.5, 0.6) is 17.2 Å². The van der Waals surface area contributed by atoms with Crippen molar-refractivity contribution >= 4 is 17.5 Å². The molecule has 0 amide bonds. The maximum absolute atomic E-state index is 12.7. The molecule has 1 aromatic heterocycles. The van der Waals surface area contributed by atoms with Gasteiger partial charge in [0.2, 0.25) is 0 Å². The Morgan fingerprint density at radius 2 is 2.19 bits per heavy atom. The van der Waals surface area contributed by atoms with Gasteiger partial charge in [-0.3, -0.25) is 9.56 Å². The molecule has 2 aromatic rings. The topological polar surface area (TPSA) is 179 Å². The third-order valence-electron chi connectivity index (χ3n) is 4.54. The van der Waals surface area contributed by atoms with E-state index in [1.165, 1.54) is 13.1 Å². The minimum absolute atomic E-state index is 0.0396. The van der Waals surface area contributed by atoms with Gasteiger partial charge in [0.05, 0.1) is 19.3 Å². The summed E-state index contributed by atoms with van der Waals surface area (Å²) in [5, 5.41) is 21.9. The molecule has 0 saturated heterocycles. The summed E-state index contributed by atoms with van der Waals surface area (Å²) in [7, 11) is 0. The molecule has 2 heterocycles. The predicted molar refractivity (Wildman–Crippen MR) is 113 cm³/mol. The molecule has 12 nitrogen and oxygen atoms in total. The first-order valence-corrected chi connectivity index (χ1v) is 9.73. The molecule has 0 saturated carbocycles. The molecule has 0 bridgehead atoms. The lowest BCUT2D eigenvalue weighted by atomic mass is 10.2.